The third kappa shape index (κ3) is 3.52. The summed E-state index contributed by atoms with van der Waals surface area (Å²) in [4.78, 5) is 13.7. The van der Waals surface area contributed by atoms with Crippen molar-refractivity contribution in [2.75, 3.05) is 0 Å². The summed E-state index contributed by atoms with van der Waals surface area (Å²) >= 11 is 0. The van der Waals surface area contributed by atoms with E-state index in [1.54, 1.807) is 6.07 Å². The zero-order valence-corrected chi connectivity index (χ0v) is 12.6. The fourth-order valence-corrected chi connectivity index (χ4v) is 2.69. The number of phenols is 1. The van der Waals surface area contributed by atoms with Gasteiger partial charge in [-0.05, 0) is 29.3 Å². The first-order valence-corrected chi connectivity index (χ1v) is 7.14. The smallest absolute Gasteiger partial charge is 0.507 e. The van der Waals surface area contributed by atoms with Crippen LogP contribution < -0.4 is 4.74 Å². The molecule has 0 bridgehead atoms. The molecule has 3 rings (SSSR count). The van der Waals surface area contributed by atoms with E-state index in [1.807, 2.05) is 0 Å². The van der Waals surface area contributed by atoms with Crippen molar-refractivity contribution in [2.45, 2.75) is 12.8 Å². The number of para-hydroxylation sites is 1. The van der Waals surface area contributed by atoms with Gasteiger partial charge in [0, 0.05) is 17.1 Å². The van der Waals surface area contributed by atoms with Crippen LogP contribution in [0.4, 0.5) is 13.2 Å². The molecule has 0 fully saturated rings. The van der Waals surface area contributed by atoms with Crippen LogP contribution in [0.5, 0.6) is 11.5 Å². The van der Waals surface area contributed by atoms with Crippen molar-refractivity contribution >= 4 is 16.9 Å². The molecular weight excluding hydrogens is 339 g/mol. The van der Waals surface area contributed by atoms with Crippen LogP contribution in [0, 0.1) is 0 Å². The van der Waals surface area contributed by atoms with Gasteiger partial charge in [-0.1, -0.05) is 18.2 Å². The van der Waals surface area contributed by atoms with E-state index in [9.17, 15) is 23.1 Å². The number of carboxylic acid groups (broad SMARTS) is 1. The first-order valence-electron chi connectivity index (χ1n) is 7.14. The van der Waals surface area contributed by atoms with E-state index in [1.165, 1.54) is 36.5 Å². The van der Waals surface area contributed by atoms with E-state index < -0.39 is 18.1 Å². The Bertz CT molecular complexity index is 947. The third-order valence-electron chi connectivity index (χ3n) is 3.61. The number of nitrogens with one attached hydrogen (secondary N) is 1. The molecule has 0 spiro atoms. The second-order valence-electron chi connectivity index (χ2n) is 5.35. The summed E-state index contributed by atoms with van der Waals surface area (Å²) in [6.07, 6.45) is -3.69. The number of hydrogen-bond donors (Lipinski definition) is 3. The highest BCUT2D eigenvalue weighted by atomic mass is 19.4. The van der Waals surface area contributed by atoms with Crippen molar-refractivity contribution < 1.29 is 32.9 Å². The number of aromatic amines is 1. The Morgan fingerprint density at radius 3 is 2.60 bits per heavy atom. The van der Waals surface area contributed by atoms with Gasteiger partial charge >= 0.3 is 12.3 Å². The lowest BCUT2D eigenvalue weighted by Gasteiger charge is -2.13. The number of carboxylic acids is 1. The van der Waals surface area contributed by atoms with Gasteiger partial charge in [0.15, 0.2) is 0 Å². The summed E-state index contributed by atoms with van der Waals surface area (Å²) in [5, 5.41) is 19.5. The number of fused-ring (bicyclic) bond motifs is 1. The lowest BCUT2D eigenvalue weighted by atomic mass is 10.0. The molecule has 0 amide bonds. The number of carbonyl (C=O) groups is 1. The van der Waals surface area contributed by atoms with Crippen molar-refractivity contribution in [3.05, 3.63) is 48.2 Å². The second kappa shape index (κ2) is 6.04. The molecule has 3 N–H and O–H groups in total. The van der Waals surface area contributed by atoms with Gasteiger partial charge in [-0.3, -0.25) is 4.79 Å². The number of aliphatic carboxylic acids is 1. The highest BCUT2D eigenvalue weighted by molar-refractivity contribution is 5.95. The molecule has 130 valence electrons. The number of benzene rings is 2. The third-order valence-corrected chi connectivity index (χ3v) is 3.61. The predicted molar refractivity (Wildman–Crippen MR) is 83.4 cm³/mol. The van der Waals surface area contributed by atoms with Crippen molar-refractivity contribution in [2.24, 2.45) is 0 Å². The van der Waals surface area contributed by atoms with Gasteiger partial charge in [0.05, 0.1) is 11.9 Å². The maximum atomic E-state index is 12.6. The molecule has 0 aliphatic rings. The maximum Gasteiger partial charge on any atom is 0.573 e. The fraction of sp³-hybridized carbons (Fsp3) is 0.118. The van der Waals surface area contributed by atoms with Crippen LogP contribution in [0.1, 0.15) is 5.56 Å². The Balaban J connectivity index is 2.11. The van der Waals surface area contributed by atoms with Crippen molar-refractivity contribution in [1.29, 1.82) is 0 Å². The minimum Gasteiger partial charge on any atom is -0.507 e. The van der Waals surface area contributed by atoms with Crippen LogP contribution in [0.15, 0.2) is 42.6 Å². The lowest BCUT2D eigenvalue weighted by molar-refractivity contribution is -0.274. The second-order valence-corrected chi connectivity index (χ2v) is 5.35. The van der Waals surface area contributed by atoms with Gasteiger partial charge in [0.1, 0.15) is 11.5 Å². The zero-order valence-electron chi connectivity index (χ0n) is 12.6. The minimum atomic E-state index is -4.84. The van der Waals surface area contributed by atoms with Crippen LogP contribution in [-0.2, 0) is 11.2 Å². The molecule has 0 atom stereocenters. The van der Waals surface area contributed by atoms with Crippen molar-refractivity contribution in [3.63, 3.8) is 0 Å². The average Bonchev–Trinajstić information content (AvgIpc) is 2.89. The Labute approximate surface area is 139 Å². The molecule has 25 heavy (non-hydrogen) atoms. The normalized spacial score (nSPS) is 11.6. The quantitative estimate of drug-likeness (QED) is 0.662. The van der Waals surface area contributed by atoms with Crippen LogP contribution >= 0.6 is 0 Å². The van der Waals surface area contributed by atoms with E-state index in [0.29, 0.717) is 22.0 Å². The van der Waals surface area contributed by atoms with Crippen LogP contribution in [0.25, 0.3) is 22.0 Å². The molecule has 2 aromatic carbocycles. The SMILES string of the molecule is O=C(O)Cc1c[nH]c2cc(-c3ccccc3OC(F)(F)F)cc(O)c12. The first kappa shape index (κ1) is 16.7. The molecule has 1 aromatic heterocycles. The number of rotatable bonds is 4. The molecule has 8 heteroatoms. The van der Waals surface area contributed by atoms with Gasteiger partial charge in [0.2, 0.25) is 0 Å². The number of phenolic OH excluding ortho intramolecular Hbond substituents is 1. The molecule has 0 aliphatic heterocycles. The van der Waals surface area contributed by atoms with Gasteiger partial charge in [0.25, 0.3) is 0 Å². The standard InChI is InChI=1S/C17H12F3NO4/c18-17(19,20)25-14-4-2-1-3-11(14)9-5-12-16(13(22)6-9)10(8-21-12)7-15(23)24/h1-6,8,21-22H,7H2,(H,23,24). The van der Waals surface area contributed by atoms with Gasteiger partial charge in [-0.25, -0.2) is 0 Å². The number of alkyl halides is 3. The molecule has 0 saturated carbocycles. The number of hydrogen-bond acceptors (Lipinski definition) is 3. The predicted octanol–water partition coefficient (Wildman–Crippen LogP) is 4.07. The molecule has 0 radical (unpaired) electrons. The highest BCUT2D eigenvalue weighted by Crippen LogP contribution is 2.38. The Morgan fingerprint density at radius 1 is 1.20 bits per heavy atom. The van der Waals surface area contributed by atoms with E-state index in [4.69, 9.17) is 5.11 Å². The Kier molecular flexibility index (Phi) is 4.03. The molecular formula is C17H12F3NO4. The van der Waals surface area contributed by atoms with Gasteiger partial charge in [-0.15, -0.1) is 13.2 Å². The topological polar surface area (TPSA) is 82.5 Å². The molecule has 0 saturated heterocycles. The summed E-state index contributed by atoms with van der Waals surface area (Å²) in [5.74, 6) is -1.69. The first-order chi connectivity index (χ1) is 11.7. The summed E-state index contributed by atoms with van der Waals surface area (Å²) in [6.45, 7) is 0. The summed E-state index contributed by atoms with van der Waals surface area (Å²) in [7, 11) is 0. The number of aromatic hydroxyl groups is 1. The largest absolute Gasteiger partial charge is 0.573 e. The number of aromatic nitrogens is 1. The average molecular weight is 351 g/mol. The monoisotopic (exact) mass is 351 g/mol. The Hall–Kier alpha value is -3.16. The molecule has 0 aliphatic carbocycles. The van der Waals surface area contributed by atoms with Crippen LogP contribution in [0.2, 0.25) is 0 Å². The van der Waals surface area contributed by atoms with E-state index in [2.05, 4.69) is 9.72 Å². The lowest BCUT2D eigenvalue weighted by Crippen LogP contribution is -2.17. The summed E-state index contributed by atoms with van der Waals surface area (Å²) in [6, 6.07) is 8.36. The molecule has 1 heterocycles. The maximum absolute atomic E-state index is 12.6. The summed E-state index contributed by atoms with van der Waals surface area (Å²) in [5.41, 5.74) is 1.24. The van der Waals surface area contributed by atoms with Crippen LogP contribution in [-0.4, -0.2) is 27.5 Å². The molecule has 3 aromatic rings. The Morgan fingerprint density at radius 2 is 1.92 bits per heavy atom. The van der Waals surface area contributed by atoms with Crippen molar-refractivity contribution in [3.8, 4) is 22.6 Å². The number of halogens is 3. The van der Waals surface area contributed by atoms with Crippen LogP contribution in [0.3, 0.4) is 0 Å². The number of ether oxygens (including phenoxy) is 1. The van der Waals surface area contributed by atoms with E-state index in [0.717, 1.165) is 0 Å². The zero-order chi connectivity index (χ0) is 18.2. The summed E-state index contributed by atoms with van der Waals surface area (Å²) < 4.78 is 41.7. The van der Waals surface area contributed by atoms with Crippen molar-refractivity contribution in [1.82, 2.24) is 4.98 Å². The fourth-order valence-electron chi connectivity index (χ4n) is 2.69. The molecule has 5 nitrogen and oxygen atoms in total. The van der Waals surface area contributed by atoms with E-state index >= 15 is 0 Å². The highest BCUT2D eigenvalue weighted by Gasteiger charge is 2.32. The van der Waals surface area contributed by atoms with Gasteiger partial charge in [-0.2, -0.15) is 0 Å². The minimum absolute atomic E-state index is 0.145. The van der Waals surface area contributed by atoms with Gasteiger partial charge < -0.3 is 19.9 Å². The van der Waals surface area contributed by atoms with E-state index in [-0.39, 0.29) is 17.7 Å². The number of H-pyrrole nitrogens is 1. The molecule has 0 unspecified atom stereocenters.